The van der Waals surface area contributed by atoms with Crippen molar-refractivity contribution in [1.29, 1.82) is 0 Å². The number of nitrogens with zero attached hydrogens (tertiary/aromatic N) is 2. The topological polar surface area (TPSA) is 26.7 Å². The fourth-order valence-corrected chi connectivity index (χ4v) is 3.16. The normalized spacial score (nSPS) is 20.6. The standard InChI is InChI=1S/C17H28N2O/c1-4-17(20)14-7-9-15(10-8-14)19-12-11-16(13-19)18(5-2)6-3/h7-10,16-17,20H,4-6,11-13H2,1-3H3/t16?,17-/m0/s1. The fourth-order valence-electron chi connectivity index (χ4n) is 3.16. The molecule has 0 amide bonds. The van der Waals surface area contributed by atoms with Crippen LogP contribution >= 0.6 is 0 Å². The van der Waals surface area contributed by atoms with Crippen molar-refractivity contribution in [3.8, 4) is 0 Å². The van der Waals surface area contributed by atoms with Gasteiger partial charge in [0.1, 0.15) is 0 Å². The monoisotopic (exact) mass is 276 g/mol. The lowest BCUT2D eigenvalue weighted by atomic mass is 10.1. The molecule has 112 valence electrons. The van der Waals surface area contributed by atoms with Gasteiger partial charge < -0.3 is 10.0 Å². The number of aliphatic hydroxyl groups excluding tert-OH is 1. The Kier molecular flexibility index (Phi) is 5.44. The summed E-state index contributed by atoms with van der Waals surface area (Å²) < 4.78 is 0. The molecule has 0 saturated carbocycles. The molecule has 0 aliphatic carbocycles. The zero-order chi connectivity index (χ0) is 14.5. The summed E-state index contributed by atoms with van der Waals surface area (Å²) in [5.74, 6) is 0. The average Bonchev–Trinajstić information content (AvgIpc) is 2.97. The highest BCUT2D eigenvalue weighted by atomic mass is 16.3. The zero-order valence-electron chi connectivity index (χ0n) is 13.0. The Morgan fingerprint density at radius 3 is 2.40 bits per heavy atom. The second-order valence-electron chi connectivity index (χ2n) is 5.63. The molecule has 20 heavy (non-hydrogen) atoms. The van der Waals surface area contributed by atoms with Crippen LogP contribution in [-0.4, -0.2) is 42.2 Å². The van der Waals surface area contributed by atoms with Gasteiger partial charge in [0.2, 0.25) is 0 Å². The highest BCUT2D eigenvalue weighted by Crippen LogP contribution is 2.25. The number of benzene rings is 1. The lowest BCUT2D eigenvalue weighted by Crippen LogP contribution is -2.37. The predicted octanol–water partition coefficient (Wildman–Crippen LogP) is 3.05. The second-order valence-corrected chi connectivity index (χ2v) is 5.63. The molecule has 1 aromatic carbocycles. The van der Waals surface area contributed by atoms with Gasteiger partial charge in [0.05, 0.1) is 6.10 Å². The summed E-state index contributed by atoms with van der Waals surface area (Å²) in [7, 11) is 0. The molecule has 1 aromatic rings. The Morgan fingerprint density at radius 1 is 1.20 bits per heavy atom. The van der Waals surface area contributed by atoms with Gasteiger partial charge >= 0.3 is 0 Å². The lowest BCUT2D eigenvalue weighted by Gasteiger charge is -2.26. The third kappa shape index (κ3) is 3.33. The second kappa shape index (κ2) is 7.09. The third-order valence-corrected chi connectivity index (χ3v) is 4.52. The van der Waals surface area contributed by atoms with Crippen molar-refractivity contribution in [1.82, 2.24) is 4.90 Å². The van der Waals surface area contributed by atoms with Gasteiger partial charge in [-0.3, -0.25) is 4.90 Å². The highest BCUT2D eigenvalue weighted by molar-refractivity contribution is 5.49. The maximum absolute atomic E-state index is 9.84. The van der Waals surface area contributed by atoms with Crippen LogP contribution in [0.4, 0.5) is 5.69 Å². The van der Waals surface area contributed by atoms with Crippen molar-refractivity contribution in [2.45, 2.75) is 45.8 Å². The van der Waals surface area contributed by atoms with E-state index in [1.807, 2.05) is 6.92 Å². The Balaban J connectivity index is 1.99. The van der Waals surface area contributed by atoms with E-state index in [-0.39, 0.29) is 6.10 Å². The highest BCUT2D eigenvalue weighted by Gasteiger charge is 2.26. The van der Waals surface area contributed by atoms with E-state index in [2.05, 4.69) is 47.9 Å². The summed E-state index contributed by atoms with van der Waals surface area (Å²) in [6.45, 7) is 11.0. The number of aliphatic hydroxyl groups is 1. The molecule has 1 unspecified atom stereocenters. The maximum Gasteiger partial charge on any atom is 0.0787 e. The van der Waals surface area contributed by atoms with Crippen LogP contribution in [0.5, 0.6) is 0 Å². The summed E-state index contributed by atoms with van der Waals surface area (Å²) in [6.07, 6.45) is 1.69. The Labute approximate surface area is 123 Å². The Hall–Kier alpha value is -1.06. The van der Waals surface area contributed by atoms with Gasteiger partial charge in [-0.05, 0) is 43.6 Å². The van der Waals surface area contributed by atoms with E-state index in [9.17, 15) is 5.11 Å². The number of likely N-dealkylation sites (N-methyl/N-ethyl adjacent to an activating group) is 1. The summed E-state index contributed by atoms with van der Waals surface area (Å²) >= 11 is 0. The molecule has 1 N–H and O–H groups in total. The quantitative estimate of drug-likeness (QED) is 0.865. The molecule has 0 bridgehead atoms. The summed E-state index contributed by atoms with van der Waals surface area (Å²) in [6, 6.07) is 9.12. The van der Waals surface area contributed by atoms with Gasteiger partial charge in [-0.15, -0.1) is 0 Å². The zero-order valence-corrected chi connectivity index (χ0v) is 13.0. The van der Waals surface area contributed by atoms with Crippen LogP contribution in [0.3, 0.4) is 0 Å². The lowest BCUT2D eigenvalue weighted by molar-refractivity contribution is 0.173. The van der Waals surface area contributed by atoms with Crippen molar-refractivity contribution in [2.75, 3.05) is 31.1 Å². The van der Waals surface area contributed by atoms with Crippen molar-refractivity contribution in [2.24, 2.45) is 0 Å². The molecule has 1 saturated heterocycles. The van der Waals surface area contributed by atoms with E-state index in [0.717, 1.165) is 38.2 Å². The minimum atomic E-state index is -0.328. The SMILES string of the molecule is CC[C@H](O)c1ccc(N2CCC(N(CC)CC)C2)cc1. The molecule has 2 rings (SSSR count). The van der Waals surface area contributed by atoms with E-state index in [1.54, 1.807) is 0 Å². The van der Waals surface area contributed by atoms with Crippen molar-refractivity contribution >= 4 is 5.69 Å². The van der Waals surface area contributed by atoms with Crippen molar-refractivity contribution < 1.29 is 5.11 Å². The number of rotatable bonds is 6. The summed E-state index contributed by atoms with van der Waals surface area (Å²) in [4.78, 5) is 5.01. The average molecular weight is 276 g/mol. The fraction of sp³-hybridized carbons (Fsp3) is 0.647. The van der Waals surface area contributed by atoms with Crippen LogP contribution in [0.15, 0.2) is 24.3 Å². The van der Waals surface area contributed by atoms with Gasteiger partial charge in [-0.1, -0.05) is 32.9 Å². The predicted molar refractivity (Wildman–Crippen MR) is 85.2 cm³/mol. The van der Waals surface area contributed by atoms with Crippen molar-refractivity contribution in [3.63, 3.8) is 0 Å². The molecule has 1 heterocycles. The third-order valence-electron chi connectivity index (χ3n) is 4.52. The van der Waals surface area contributed by atoms with E-state index in [1.165, 1.54) is 12.1 Å². The first-order valence-electron chi connectivity index (χ1n) is 7.96. The van der Waals surface area contributed by atoms with Gasteiger partial charge in [0, 0.05) is 24.8 Å². The van der Waals surface area contributed by atoms with E-state index in [0.29, 0.717) is 6.04 Å². The van der Waals surface area contributed by atoms with Crippen LogP contribution in [0.2, 0.25) is 0 Å². The van der Waals surface area contributed by atoms with Crippen LogP contribution in [0.1, 0.15) is 45.3 Å². The Morgan fingerprint density at radius 2 is 1.85 bits per heavy atom. The Bertz CT molecular complexity index is 400. The molecular weight excluding hydrogens is 248 g/mol. The smallest absolute Gasteiger partial charge is 0.0787 e. The van der Waals surface area contributed by atoms with Gasteiger partial charge in [0.15, 0.2) is 0 Å². The minimum absolute atomic E-state index is 0.328. The van der Waals surface area contributed by atoms with Crippen LogP contribution in [0, 0.1) is 0 Å². The molecule has 1 aliphatic rings. The summed E-state index contributed by atoms with van der Waals surface area (Å²) in [5, 5.41) is 9.84. The van der Waals surface area contributed by atoms with E-state index < -0.39 is 0 Å². The molecular formula is C17H28N2O. The molecule has 0 spiro atoms. The van der Waals surface area contributed by atoms with Crippen LogP contribution in [0.25, 0.3) is 0 Å². The van der Waals surface area contributed by atoms with Crippen molar-refractivity contribution in [3.05, 3.63) is 29.8 Å². The molecule has 1 aliphatic heterocycles. The molecule has 3 heteroatoms. The maximum atomic E-state index is 9.84. The molecule has 0 radical (unpaired) electrons. The summed E-state index contributed by atoms with van der Waals surface area (Å²) in [5.41, 5.74) is 2.31. The largest absolute Gasteiger partial charge is 0.388 e. The number of anilines is 1. The first-order valence-corrected chi connectivity index (χ1v) is 7.96. The van der Waals surface area contributed by atoms with Gasteiger partial charge in [-0.2, -0.15) is 0 Å². The molecule has 1 fully saturated rings. The van der Waals surface area contributed by atoms with E-state index >= 15 is 0 Å². The first-order chi connectivity index (χ1) is 9.69. The minimum Gasteiger partial charge on any atom is -0.388 e. The van der Waals surface area contributed by atoms with E-state index in [4.69, 9.17) is 0 Å². The van der Waals surface area contributed by atoms with Gasteiger partial charge in [0.25, 0.3) is 0 Å². The molecule has 0 aromatic heterocycles. The van der Waals surface area contributed by atoms with Crippen LogP contribution in [-0.2, 0) is 0 Å². The van der Waals surface area contributed by atoms with Gasteiger partial charge in [-0.25, -0.2) is 0 Å². The van der Waals surface area contributed by atoms with Crippen LogP contribution < -0.4 is 4.90 Å². The number of hydrogen-bond donors (Lipinski definition) is 1. The molecule has 2 atom stereocenters. The molecule has 3 nitrogen and oxygen atoms in total. The first kappa shape index (κ1) is 15.3. The number of hydrogen-bond acceptors (Lipinski definition) is 3.